The Morgan fingerprint density at radius 3 is 2.13 bits per heavy atom. The number of halogens is 1. The summed E-state index contributed by atoms with van der Waals surface area (Å²) in [7, 11) is 0. The van der Waals surface area contributed by atoms with Crippen LogP contribution < -0.4 is 4.74 Å². The van der Waals surface area contributed by atoms with Gasteiger partial charge in [0.2, 0.25) is 0 Å². The van der Waals surface area contributed by atoms with E-state index in [1.54, 1.807) is 0 Å². The molecule has 0 aliphatic heterocycles. The summed E-state index contributed by atoms with van der Waals surface area (Å²) in [5.41, 5.74) is 3.06. The molecule has 0 N–H and O–H groups in total. The summed E-state index contributed by atoms with van der Waals surface area (Å²) in [5, 5.41) is 0.668. The second-order valence-corrected chi connectivity index (χ2v) is 7.64. The van der Waals surface area contributed by atoms with E-state index in [1.165, 1.54) is 0 Å². The first-order valence-corrected chi connectivity index (χ1v) is 11.0. The molecule has 0 spiro atoms. The van der Waals surface area contributed by atoms with Crippen molar-refractivity contribution in [2.75, 3.05) is 26.2 Å². The van der Waals surface area contributed by atoms with E-state index in [0.717, 1.165) is 36.5 Å². The van der Waals surface area contributed by atoms with Gasteiger partial charge >= 0.3 is 0 Å². The summed E-state index contributed by atoms with van der Waals surface area (Å²) in [6.45, 7) is 7.82. The number of hydrogen-bond donors (Lipinski definition) is 0. The lowest BCUT2D eigenvalue weighted by Crippen LogP contribution is -2.27. The minimum atomic E-state index is -0.0316. The molecule has 0 aliphatic rings. The fraction of sp³-hybridized carbons (Fsp3) is 0.222. The fourth-order valence-electron chi connectivity index (χ4n) is 3.31. The number of hydrogen-bond acceptors (Lipinski definition) is 3. The molecule has 0 heterocycles. The van der Waals surface area contributed by atoms with Crippen LogP contribution in [0.1, 0.15) is 35.3 Å². The monoisotopic (exact) mass is 433 g/mol. The molecule has 0 amide bonds. The Morgan fingerprint density at radius 1 is 0.871 bits per heavy atom. The van der Waals surface area contributed by atoms with E-state index < -0.39 is 0 Å². The first kappa shape index (κ1) is 22.8. The van der Waals surface area contributed by atoms with Crippen molar-refractivity contribution in [1.82, 2.24) is 4.90 Å². The van der Waals surface area contributed by atoms with E-state index >= 15 is 0 Å². The van der Waals surface area contributed by atoms with Gasteiger partial charge in [0.25, 0.3) is 0 Å². The van der Waals surface area contributed by atoms with Gasteiger partial charge < -0.3 is 9.64 Å². The van der Waals surface area contributed by atoms with E-state index in [4.69, 9.17) is 16.3 Å². The van der Waals surface area contributed by atoms with Crippen LogP contribution >= 0.6 is 11.6 Å². The molecule has 3 nitrogen and oxygen atoms in total. The molecular formula is C27H28ClNO2. The molecule has 3 aromatic rings. The number of rotatable bonds is 10. The number of carbonyl (C=O) groups is 1. The molecule has 0 bridgehead atoms. The van der Waals surface area contributed by atoms with Crippen molar-refractivity contribution in [2.45, 2.75) is 13.8 Å². The van der Waals surface area contributed by atoms with E-state index in [2.05, 4.69) is 18.7 Å². The number of benzene rings is 3. The van der Waals surface area contributed by atoms with Crippen LogP contribution in [0.5, 0.6) is 5.75 Å². The number of ether oxygens (including phenoxy) is 1. The van der Waals surface area contributed by atoms with Gasteiger partial charge in [-0.2, -0.15) is 0 Å². The van der Waals surface area contributed by atoms with Gasteiger partial charge in [-0.25, -0.2) is 0 Å². The van der Waals surface area contributed by atoms with Crippen molar-refractivity contribution >= 4 is 29.0 Å². The highest BCUT2D eigenvalue weighted by molar-refractivity contribution is 6.32. The molecule has 4 heteroatoms. The van der Waals surface area contributed by atoms with Gasteiger partial charge in [-0.1, -0.05) is 67.9 Å². The van der Waals surface area contributed by atoms with E-state index in [9.17, 15) is 4.79 Å². The highest BCUT2D eigenvalue weighted by Gasteiger charge is 2.15. The van der Waals surface area contributed by atoms with Gasteiger partial charge in [-0.05, 0) is 66.7 Å². The standard InChI is InChI=1S/C27H28ClNO2/c1-3-29(4-2)18-19-31-25-16-12-23(13-17-25)27(30)26(22-8-6-5-7-9-22)20-21-10-14-24(28)15-11-21/h5-17,20H,3-4,18-19H2,1-2H3/b26-20+. The van der Waals surface area contributed by atoms with Crippen LogP contribution in [0.4, 0.5) is 0 Å². The number of likely N-dealkylation sites (N-methyl/N-ethyl adjacent to an activating group) is 1. The van der Waals surface area contributed by atoms with Gasteiger partial charge in [0.05, 0.1) is 0 Å². The zero-order valence-electron chi connectivity index (χ0n) is 18.1. The SMILES string of the molecule is CCN(CC)CCOc1ccc(C(=O)/C(=C/c2ccc(Cl)cc2)c2ccccc2)cc1. The Morgan fingerprint density at radius 2 is 1.52 bits per heavy atom. The van der Waals surface area contributed by atoms with Crippen molar-refractivity contribution in [2.24, 2.45) is 0 Å². The lowest BCUT2D eigenvalue weighted by Gasteiger charge is -2.18. The Bertz CT molecular complexity index is 992. The Kier molecular flexibility index (Phi) is 8.45. The predicted octanol–water partition coefficient (Wildman–Crippen LogP) is 6.48. The molecule has 0 fully saturated rings. The van der Waals surface area contributed by atoms with Gasteiger partial charge in [0, 0.05) is 22.7 Å². The molecule has 0 saturated carbocycles. The van der Waals surface area contributed by atoms with E-state index in [-0.39, 0.29) is 5.78 Å². The van der Waals surface area contributed by atoms with Gasteiger partial charge in [-0.15, -0.1) is 0 Å². The summed E-state index contributed by atoms with van der Waals surface area (Å²) in [4.78, 5) is 15.7. The van der Waals surface area contributed by atoms with Crippen LogP contribution in [0, 0.1) is 0 Å². The molecule has 0 aromatic heterocycles. The van der Waals surface area contributed by atoms with E-state index in [1.807, 2.05) is 84.9 Å². The highest BCUT2D eigenvalue weighted by atomic mass is 35.5. The lowest BCUT2D eigenvalue weighted by atomic mass is 9.95. The normalized spacial score (nSPS) is 11.5. The van der Waals surface area contributed by atoms with Crippen molar-refractivity contribution in [3.8, 4) is 5.75 Å². The number of carbonyl (C=O) groups excluding carboxylic acids is 1. The molecule has 0 radical (unpaired) electrons. The second-order valence-electron chi connectivity index (χ2n) is 7.20. The molecule has 0 saturated heterocycles. The van der Waals surface area contributed by atoms with Crippen LogP contribution in [-0.4, -0.2) is 36.9 Å². The van der Waals surface area contributed by atoms with Gasteiger partial charge in [-0.3, -0.25) is 4.79 Å². The lowest BCUT2D eigenvalue weighted by molar-refractivity contribution is 0.105. The topological polar surface area (TPSA) is 29.5 Å². The zero-order chi connectivity index (χ0) is 22.1. The smallest absolute Gasteiger partial charge is 0.193 e. The Balaban J connectivity index is 1.79. The summed E-state index contributed by atoms with van der Waals surface area (Å²) in [6, 6.07) is 24.6. The largest absolute Gasteiger partial charge is 0.492 e. The van der Waals surface area contributed by atoms with Crippen LogP contribution in [0.25, 0.3) is 11.6 Å². The maximum absolute atomic E-state index is 13.4. The van der Waals surface area contributed by atoms with Crippen LogP contribution in [0.15, 0.2) is 78.9 Å². The summed E-state index contributed by atoms with van der Waals surface area (Å²) in [6.07, 6.45) is 1.91. The van der Waals surface area contributed by atoms with Crippen molar-refractivity contribution in [3.63, 3.8) is 0 Å². The van der Waals surface area contributed by atoms with Crippen molar-refractivity contribution < 1.29 is 9.53 Å². The number of nitrogens with zero attached hydrogens (tertiary/aromatic N) is 1. The maximum Gasteiger partial charge on any atom is 0.193 e. The van der Waals surface area contributed by atoms with Crippen LogP contribution in [0.3, 0.4) is 0 Å². The molecule has 31 heavy (non-hydrogen) atoms. The fourth-order valence-corrected chi connectivity index (χ4v) is 3.44. The van der Waals surface area contributed by atoms with Crippen molar-refractivity contribution in [3.05, 3.63) is 101 Å². The van der Waals surface area contributed by atoms with Crippen LogP contribution in [0.2, 0.25) is 5.02 Å². The van der Waals surface area contributed by atoms with E-state index in [0.29, 0.717) is 22.8 Å². The molecule has 3 rings (SSSR count). The van der Waals surface area contributed by atoms with Crippen LogP contribution in [-0.2, 0) is 0 Å². The first-order chi connectivity index (χ1) is 15.1. The third kappa shape index (κ3) is 6.55. The third-order valence-corrected chi connectivity index (χ3v) is 5.45. The highest BCUT2D eigenvalue weighted by Crippen LogP contribution is 2.25. The number of ketones is 1. The average molecular weight is 434 g/mol. The molecule has 0 atom stereocenters. The zero-order valence-corrected chi connectivity index (χ0v) is 18.8. The maximum atomic E-state index is 13.4. The summed E-state index contributed by atoms with van der Waals surface area (Å²) >= 11 is 6.01. The Labute approximate surface area is 189 Å². The minimum Gasteiger partial charge on any atom is -0.492 e. The first-order valence-electron chi connectivity index (χ1n) is 10.6. The quantitative estimate of drug-likeness (QED) is 0.208. The van der Waals surface area contributed by atoms with Crippen molar-refractivity contribution in [1.29, 1.82) is 0 Å². The van der Waals surface area contributed by atoms with Gasteiger partial charge in [0.15, 0.2) is 5.78 Å². The Hall–Kier alpha value is -2.88. The average Bonchev–Trinajstić information content (AvgIpc) is 2.82. The predicted molar refractivity (Wildman–Crippen MR) is 130 cm³/mol. The molecule has 0 aliphatic carbocycles. The van der Waals surface area contributed by atoms with Gasteiger partial charge in [0.1, 0.15) is 12.4 Å². The number of Topliss-reactive ketones (excluding diaryl/α,β-unsaturated/α-hetero) is 1. The minimum absolute atomic E-state index is 0.0316. The molecular weight excluding hydrogens is 406 g/mol. The second kappa shape index (κ2) is 11.5. The summed E-state index contributed by atoms with van der Waals surface area (Å²) in [5.74, 6) is 0.738. The summed E-state index contributed by atoms with van der Waals surface area (Å²) < 4.78 is 5.85. The molecule has 0 unspecified atom stereocenters. The third-order valence-electron chi connectivity index (χ3n) is 5.20. The number of allylic oxidation sites excluding steroid dienone is 1. The molecule has 160 valence electrons. The molecule has 3 aromatic carbocycles.